The third-order valence-electron chi connectivity index (χ3n) is 2.45. The lowest BCUT2D eigenvalue weighted by atomic mass is 10.2. The summed E-state index contributed by atoms with van der Waals surface area (Å²) < 4.78 is 2.40. The van der Waals surface area contributed by atoms with Gasteiger partial charge in [0.05, 0.1) is 5.69 Å². The topological polar surface area (TPSA) is 68.5 Å². The van der Waals surface area contributed by atoms with Crippen molar-refractivity contribution in [2.75, 3.05) is 7.05 Å². The molecule has 17 heavy (non-hydrogen) atoms. The van der Waals surface area contributed by atoms with Crippen LogP contribution in [0.15, 0.2) is 17.0 Å². The van der Waals surface area contributed by atoms with E-state index in [1.54, 1.807) is 17.1 Å². The lowest BCUT2D eigenvalue weighted by molar-refractivity contribution is 0.573. The zero-order valence-corrected chi connectivity index (χ0v) is 11.4. The summed E-state index contributed by atoms with van der Waals surface area (Å²) in [6.45, 7) is 1.96. The molecule has 0 saturated heterocycles. The van der Waals surface area contributed by atoms with Gasteiger partial charge in [0.25, 0.3) is 0 Å². The van der Waals surface area contributed by atoms with E-state index in [-0.39, 0.29) is 6.04 Å². The molecule has 1 atom stereocenters. The Balaban J connectivity index is 2.43. The van der Waals surface area contributed by atoms with Crippen molar-refractivity contribution < 1.29 is 0 Å². The van der Waals surface area contributed by atoms with Crippen LogP contribution in [0.25, 0.3) is 0 Å². The number of halogens is 1. The van der Waals surface area contributed by atoms with Crippen LogP contribution in [-0.4, -0.2) is 32.0 Å². The Morgan fingerprint density at radius 2 is 2.00 bits per heavy atom. The summed E-state index contributed by atoms with van der Waals surface area (Å²) in [7, 11) is 3.69. The van der Waals surface area contributed by atoms with Crippen molar-refractivity contribution in [2.24, 2.45) is 7.05 Å². The van der Waals surface area contributed by atoms with Gasteiger partial charge >= 0.3 is 0 Å². The number of nitrogens with one attached hydrogen (secondary N) is 1. The summed E-state index contributed by atoms with van der Waals surface area (Å²) in [4.78, 5) is 8.65. The molecule has 0 fully saturated rings. The SMILES string of the molecule is CNC(c1ncc(C)cn1)c1c(Br)nnn1C. The maximum atomic E-state index is 4.32. The summed E-state index contributed by atoms with van der Waals surface area (Å²) in [5.41, 5.74) is 1.93. The molecule has 0 amide bonds. The minimum Gasteiger partial charge on any atom is -0.305 e. The van der Waals surface area contributed by atoms with E-state index >= 15 is 0 Å². The lowest BCUT2D eigenvalue weighted by Crippen LogP contribution is -2.23. The van der Waals surface area contributed by atoms with E-state index in [1.165, 1.54) is 0 Å². The fourth-order valence-corrected chi connectivity index (χ4v) is 2.14. The molecule has 0 aromatic carbocycles. The van der Waals surface area contributed by atoms with E-state index in [0.717, 1.165) is 11.3 Å². The molecule has 2 rings (SSSR count). The van der Waals surface area contributed by atoms with Crippen LogP contribution < -0.4 is 5.32 Å². The van der Waals surface area contributed by atoms with Crippen LogP contribution in [0.5, 0.6) is 0 Å². The van der Waals surface area contributed by atoms with Gasteiger partial charge in [-0.2, -0.15) is 0 Å². The molecule has 0 saturated carbocycles. The van der Waals surface area contributed by atoms with Crippen LogP contribution in [0.1, 0.15) is 23.1 Å². The molecule has 2 heterocycles. The molecular formula is C10H13BrN6. The van der Waals surface area contributed by atoms with Gasteiger partial charge in [-0.3, -0.25) is 0 Å². The zero-order valence-electron chi connectivity index (χ0n) is 9.85. The molecule has 2 aromatic rings. The Morgan fingerprint density at radius 1 is 1.35 bits per heavy atom. The quantitative estimate of drug-likeness (QED) is 0.915. The van der Waals surface area contributed by atoms with Gasteiger partial charge in [-0.05, 0) is 35.5 Å². The molecule has 0 bridgehead atoms. The third-order valence-corrected chi connectivity index (χ3v) is 3.01. The molecule has 6 nitrogen and oxygen atoms in total. The van der Waals surface area contributed by atoms with Crippen molar-refractivity contribution in [1.82, 2.24) is 30.3 Å². The first-order valence-electron chi connectivity index (χ1n) is 5.14. The van der Waals surface area contributed by atoms with Gasteiger partial charge in [0.2, 0.25) is 0 Å². The van der Waals surface area contributed by atoms with E-state index in [0.29, 0.717) is 10.4 Å². The van der Waals surface area contributed by atoms with Crippen molar-refractivity contribution in [3.05, 3.63) is 34.1 Å². The predicted molar refractivity (Wildman–Crippen MR) is 66.4 cm³/mol. The van der Waals surface area contributed by atoms with Crippen molar-refractivity contribution in [3.63, 3.8) is 0 Å². The van der Waals surface area contributed by atoms with Crippen LogP contribution in [0, 0.1) is 6.92 Å². The lowest BCUT2D eigenvalue weighted by Gasteiger charge is -2.14. The number of rotatable bonds is 3. The molecule has 1 unspecified atom stereocenters. The van der Waals surface area contributed by atoms with Crippen LogP contribution in [0.2, 0.25) is 0 Å². The highest BCUT2D eigenvalue weighted by atomic mass is 79.9. The molecule has 0 aliphatic rings. The minimum atomic E-state index is -0.134. The van der Waals surface area contributed by atoms with E-state index in [1.807, 2.05) is 21.0 Å². The molecule has 0 radical (unpaired) electrons. The first-order chi connectivity index (χ1) is 8.13. The maximum absolute atomic E-state index is 4.32. The van der Waals surface area contributed by atoms with Gasteiger partial charge < -0.3 is 5.32 Å². The summed E-state index contributed by atoms with van der Waals surface area (Å²) in [5, 5.41) is 11.1. The number of nitrogens with zero attached hydrogens (tertiary/aromatic N) is 5. The predicted octanol–water partition coefficient (Wildman–Crippen LogP) is 0.985. The second-order valence-electron chi connectivity index (χ2n) is 3.73. The smallest absolute Gasteiger partial charge is 0.153 e. The third kappa shape index (κ3) is 2.34. The number of aryl methyl sites for hydroxylation is 2. The largest absolute Gasteiger partial charge is 0.305 e. The molecular weight excluding hydrogens is 284 g/mol. The average Bonchev–Trinajstić information content (AvgIpc) is 2.64. The Labute approximate surface area is 108 Å². The Bertz CT molecular complexity index is 487. The highest BCUT2D eigenvalue weighted by molar-refractivity contribution is 9.10. The Kier molecular flexibility index (Phi) is 3.49. The molecule has 7 heteroatoms. The maximum Gasteiger partial charge on any atom is 0.153 e. The number of aromatic nitrogens is 5. The van der Waals surface area contributed by atoms with Gasteiger partial charge in [0, 0.05) is 19.4 Å². The Morgan fingerprint density at radius 3 is 2.47 bits per heavy atom. The minimum absolute atomic E-state index is 0.134. The monoisotopic (exact) mass is 296 g/mol. The highest BCUT2D eigenvalue weighted by Crippen LogP contribution is 2.23. The van der Waals surface area contributed by atoms with E-state index < -0.39 is 0 Å². The second-order valence-corrected chi connectivity index (χ2v) is 4.48. The van der Waals surface area contributed by atoms with Crippen LogP contribution in [0.3, 0.4) is 0 Å². The molecule has 0 spiro atoms. The highest BCUT2D eigenvalue weighted by Gasteiger charge is 2.22. The first-order valence-corrected chi connectivity index (χ1v) is 5.93. The Hall–Kier alpha value is -1.34. The number of hydrogen-bond acceptors (Lipinski definition) is 5. The van der Waals surface area contributed by atoms with E-state index in [2.05, 4.69) is 41.5 Å². The van der Waals surface area contributed by atoms with Gasteiger partial charge in [-0.25, -0.2) is 14.6 Å². The summed E-state index contributed by atoms with van der Waals surface area (Å²) in [6.07, 6.45) is 3.59. The summed E-state index contributed by atoms with van der Waals surface area (Å²) in [6, 6.07) is -0.134. The van der Waals surface area contributed by atoms with Crippen LogP contribution >= 0.6 is 15.9 Å². The van der Waals surface area contributed by atoms with Crippen molar-refractivity contribution in [1.29, 1.82) is 0 Å². The van der Waals surface area contributed by atoms with Gasteiger partial charge in [0.1, 0.15) is 6.04 Å². The van der Waals surface area contributed by atoms with E-state index in [4.69, 9.17) is 0 Å². The molecule has 0 aliphatic carbocycles. The molecule has 2 aromatic heterocycles. The number of hydrogen-bond donors (Lipinski definition) is 1. The van der Waals surface area contributed by atoms with Crippen LogP contribution in [0.4, 0.5) is 0 Å². The molecule has 0 aliphatic heterocycles. The fourth-order valence-electron chi connectivity index (χ4n) is 1.58. The summed E-state index contributed by atoms with van der Waals surface area (Å²) >= 11 is 3.38. The molecule has 1 N–H and O–H groups in total. The van der Waals surface area contributed by atoms with Gasteiger partial charge in [0.15, 0.2) is 10.4 Å². The van der Waals surface area contributed by atoms with Crippen LogP contribution in [-0.2, 0) is 7.05 Å². The summed E-state index contributed by atoms with van der Waals surface area (Å²) in [5.74, 6) is 0.698. The molecule has 90 valence electrons. The van der Waals surface area contributed by atoms with Crippen molar-refractivity contribution >= 4 is 15.9 Å². The van der Waals surface area contributed by atoms with Gasteiger partial charge in [-0.1, -0.05) is 5.21 Å². The fraction of sp³-hybridized carbons (Fsp3) is 0.400. The van der Waals surface area contributed by atoms with Crippen molar-refractivity contribution in [3.8, 4) is 0 Å². The first kappa shape index (κ1) is 12.1. The van der Waals surface area contributed by atoms with Gasteiger partial charge in [-0.15, -0.1) is 5.10 Å². The zero-order chi connectivity index (χ0) is 12.4. The standard InChI is InChI=1S/C10H13BrN6/c1-6-4-13-10(14-5-6)7(12-2)8-9(11)15-16-17(8)3/h4-5,7,12H,1-3H3. The van der Waals surface area contributed by atoms with E-state index in [9.17, 15) is 0 Å². The normalized spacial score (nSPS) is 12.7. The second kappa shape index (κ2) is 4.89. The van der Waals surface area contributed by atoms with Crippen molar-refractivity contribution in [2.45, 2.75) is 13.0 Å². The average molecular weight is 297 g/mol.